The predicted molar refractivity (Wildman–Crippen MR) is 100 cm³/mol. The average Bonchev–Trinajstić information content (AvgIpc) is 3.40. The Kier molecular flexibility index (Phi) is 3.54. The van der Waals surface area contributed by atoms with Crippen LogP contribution >= 0.6 is 0 Å². The molecule has 0 saturated carbocycles. The van der Waals surface area contributed by atoms with Crippen LogP contribution in [0, 0.1) is 0 Å². The summed E-state index contributed by atoms with van der Waals surface area (Å²) in [5, 5.41) is 12.9. The number of hydrogen-bond acceptors (Lipinski definition) is 6. The second kappa shape index (κ2) is 5.98. The molecule has 5 heterocycles. The smallest absolute Gasteiger partial charge is 0.256 e. The molecule has 0 aliphatic carbocycles. The highest BCUT2D eigenvalue weighted by Crippen LogP contribution is 2.28. The van der Waals surface area contributed by atoms with Crippen molar-refractivity contribution in [1.29, 1.82) is 0 Å². The first-order chi connectivity index (χ1) is 13.5. The largest absolute Gasteiger partial charge is 0.329 e. The molecule has 10 heteroatoms. The molecule has 1 aliphatic heterocycles. The number of aromatic nitrogens is 8. The van der Waals surface area contributed by atoms with Gasteiger partial charge in [-0.2, -0.15) is 5.10 Å². The molecule has 1 amide bonds. The van der Waals surface area contributed by atoms with Crippen molar-refractivity contribution < 1.29 is 4.79 Å². The van der Waals surface area contributed by atoms with E-state index in [0.717, 1.165) is 17.2 Å². The van der Waals surface area contributed by atoms with E-state index in [1.165, 1.54) is 0 Å². The quantitative estimate of drug-likeness (QED) is 0.520. The minimum atomic E-state index is -0.0740. The lowest BCUT2D eigenvalue weighted by molar-refractivity contribution is 0.0684. The van der Waals surface area contributed by atoms with Gasteiger partial charge in [-0.1, -0.05) is 0 Å². The van der Waals surface area contributed by atoms with Gasteiger partial charge in [-0.25, -0.2) is 9.97 Å². The molecule has 28 heavy (non-hydrogen) atoms. The zero-order valence-electron chi connectivity index (χ0n) is 15.8. The number of carbonyl (C=O) groups excluding carboxylic acids is 1. The number of rotatable bonds is 2. The van der Waals surface area contributed by atoms with Crippen molar-refractivity contribution in [3.8, 4) is 11.4 Å². The molecule has 0 N–H and O–H groups in total. The van der Waals surface area contributed by atoms with Gasteiger partial charge in [-0.15, -0.1) is 10.2 Å². The fourth-order valence-electron chi connectivity index (χ4n) is 3.79. The zero-order chi connectivity index (χ0) is 19.4. The molecular weight excluding hydrogens is 358 g/mol. The number of aryl methyl sites for hydroxylation is 2. The minimum Gasteiger partial charge on any atom is -0.329 e. The molecule has 0 spiro atoms. The van der Waals surface area contributed by atoms with Gasteiger partial charge in [0, 0.05) is 33.0 Å². The van der Waals surface area contributed by atoms with Crippen LogP contribution in [0.15, 0.2) is 31.0 Å². The zero-order valence-corrected chi connectivity index (χ0v) is 15.8. The third-order valence-electron chi connectivity index (χ3n) is 5.10. The van der Waals surface area contributed by atoms with Gasteiger partial charge in [0.1, 0.15) is 5.52 Å². The summed E-state index contributed by atoms with van der Waals surface area (Å²) in [5.74, 6) is 1.46. The Balaban J connectivity index is 1.49. The maximum atomic E-state index is 13.2. The summed E-state index contributed by atoms with van der Waals surface area (Å²) in [4.78, 5) is 23.7. The third-order valence-corrected chi connectivity index (χ3v) is 5.10. The van der Waals surface area contributed by atoms with Gasteiger partial charge in [-0.3, -0.25) is 9.48 Å². The van der Waals surface area contributed by atoms with Crippen molar-refractivity contribution >= 4 is 17.1 Å². The van der Waals surface area contributed by atoms with Crippen LogP contribution in [-0.2, 0) is 20.6 Å². The summed E-state index contributed by atoms with van der Waals surface area (Å²) < 4.78 is 5.63. The first-order valence-electron chi connectivity index (χ1n) is 9.01. The van der Waals surface area contributed by atoms with E-state index in [1.807, 2.05) is 24.9 Å². The Bertz CT molecular complexity index is 1200. The van der Waals surface area contributed by atoms with Crippen LogP contribution in [-0.4, -0.2) is 56.4 Å². The van der Waals surface area contributed by atoms with Gasteiger partial charge in [0.2, 0.25) is 0 Å². The normalized spacial score (nSPS) is 16.5. The number of nitrogens with zero attached hydrogens (tertiary/aromatic N) is 9. The molecule has 0 bridgehead atoms. The number of carbonyl (C=O) groups is 1. The van der Waals surface area contributed by atoms with Crippen molar-refractivity contribution in [2.45, 2.75) is 19.5 Å². The lowest BCUT2D eigenvalue weighted by Crippen LogP contribution is -2.40. The predicted octanol–water partition coefficient (Wildman–Crippen LogP) is 1.18. The number of fused-ring (bicyclic) bond motifs is 2. The number of pyridine rings is 1. The molecule has 0 saturated heterocycles. The van der Waals surface area contributed by atoms with E-state index in [2.05, 4.69) is 36.8 Å². The standard InChI is InChI=1S/C18H19N9O/c1-11-7-26(18(28)13-4-5-19-17-15(13)20-10-24(17)2)9-14-22-23-16(27(11)14)12-6-21-25(3)8-12/h4-6,8,10-11H,7,9H2,1-3H3/t11-/m0/s1. The van der Waals surface area contributed by atoms with Crippen LogP contribution in [0.5, 0.6) is 0 Å². The highest BCUT2D eigenvalue weighted by molar-refractivity contribution is 6.04. The van der Waals surface area contributed by atoms with Gasteiger partial charge in [-0.05, 0) is 13.0 Å². The Hall–Kier alpha value is -3.56. The molecule has 4 aromatic rings. The summed E-state index contributed by atoms with van der Waals surface area (Å²) in [7, 11) is 3.73. The molecule has 0 aromatic carbocycles. The maximum absolute atomic E-state index is 13.2. The van der Waals surface area contributed by atoms with Crippen molar-refractivity contribution in [1.82, 2.24) is 44.0 Å². The fraction of sp³-hybridized carbons (Fsp3) is 0.333. The maximum Gasteiger partial charge on any atom is 0.256 e. The second-order valence-electron chi connectivity index (χ2n) is 7.13. The topological polar surface area (TPSA) is 99.6 Å². The fourth-order valence-corrected chi connectivity index (χ4v) is 3.79. The molecule has 1 aliphatic rings. The molecule has 142 valence electrons. The van der Waals surface area contributed by atoms with Crippen molar-refractivity contribution in [3.05, 3.63) is 42.4 Å². The third kappa shape index (κ3) is 2.41. The summed E-state index contributed by atoms with van der Waals surface area (Å²) in [6.45, 7) is 3.02. The Morgan fingerprint density at radius 1 is 1.21 bits per heavy atom. The van der Waals surface area contributed by atoms with E-state index >= 15 is 0 Å². The molecule has 1 atom stereocenters. The van der Waals surface area contributed by atoms with E-state index in [1.54, 1.807) is 34.4 Å². The highest BCUT2D eigenvalue weighted by Gasteiger charge is 2.31. The average molecular weight is 377 g/mol. The van der Waals surface area contributed by atoms with Gasteiger partial charge in [0.15, 0.2) is 17.3 Å². The lowest BCUT2D eigenvalue weighted by atomic mass is 10.1. The van der Waals surface area contributed by atoms with Crippen LogP contribution in [0.3, 0.4) is 0 Å². The monoisotopic (exact) mass is 377 g/mol. The Labute approximate surface area is 160 Å². The van der Waals surface area contributed by atoms with Crippen molar-refractivity contribution in [2.75, 3.05) is 6.54 Å². The summed E-state index contributed by atoms with van der Waals surface area (Å²) in [6.07, 6.45) is 7.00. The molecular formula is C18H19N9O. The first-order valence-corrected chi connectivity index (χ1v) is 9.01. The van der Waals surface area contributed by atoms with E-state index in [-0.39, 0.29) is 11.9 Å². The second-order valence-corrected chi connectivity index (χ2v) is 7.13. The summed E-state index contributed by atoms with van der Waals surface area (Å²) >= 11 is 0. The summed E-state index contributed by atoms with van der Waals surface area (Å²) in [6, 6.07) is 1.77. The molecule has 0 unspecified atom stereocenters. The van der Waals surface area contributed by atoms with Crippen LogP contribution in [0.4, 0.5) is 0 Å². The van der Waals surface area contributed by atoms with Gasteiger partial charge in [0.05, 0.1) is 36.2 Å². The van der Waals surface area contributed by atoms with Crippen LogP contribution in [0.2, 0.25) is 0 Å². The number of amides is 1. The van der Waals surface area contributed by atoms with E-state index in [0.29, 0.717) is 29.8 Å². The van der Waals surface area contributed by atoms with E-state index < -0.39 is 0 Å². The molecule has 0 radical (unpaired) electrons. The van der Waals surface area contributed by atoms with Crippen molar-refractivity contribution in [3.63, 3.8) is 0 Å². The summed E-state index contributed by atoms with van der Waals surface area (Å²) in [5.41, 5.74) is 2.78. The molecule has 0 fully saturated rings. The van der Waals surface area contributed by atoms with Gasteiger partial charge >= 0.3 is 0 Å². The lowest BCUT2D eigenvalue weighted by Gasteiger charge is -2.32. The van der Waals surface area contributed by atoms with E-state index in [4.69, 9.17) is 0 Å². The molecule has 5 rings (SSSR count). The van der Waals surface area contributed by atoms with Crippen LogP contribution in [0.25, 0.3) is 22.6 Å². The molecule has 10 nitrogen and oxygen atoms in total. The number of hydrogen-bond donors (Lipinski definition) is 0. The van der Waals surface area contributed by atoms with Gasteiger partial charge < -0.3 is 14.0 Å². The van der Waals surface area contributed by atoms with Crippen LogP contribution < -0.4 is 0 Å². The van der Waals surface area contributed by atoms with Gasteiger partial charge in [0.25, 0.3) is 5.91 Å². The molecule has 4 aromatic heterocycles. The Morgan fingerprint density at radius 3 is 2.86 bits per heavy atom. The van der Waals surface area contributed by atoms with Crippen molar-refractivity contribution in [2.24, 2.45) is 14.1 Å². The minimum absolute atomic E-state index is 0.0407. The first kappa shape index (κ1) is 16.6. The van der Waals surface area contributed by atoms with E-state index in [9.17, 15) is 4.79 Å². The SMILES string of the molecule is C[C@H]1CN(C(=O)c2ccnc3c2ncn3C)Cc2nnc(-c3cnn(C)c3)n21. The highest BCUT2D eigenvalue weighted by atomic mass is 16.2. The van der Waals surface area contributed by atoms with Crippen LogP contribution in [0.1, 0.15) is 29.1 Å². The number of imidazole rings is 1. The Morgan fingerprint density at radius 2 is 2.07 bits per heavy atom.